The number of amides is 1. The number of rotatable bonds is 2. The third kappa shape index (κ3) is 3.34. The van der Waals surface area contributed by atoms with Crippen molar-refractivity contribution in [2.75, 3.05) is 31.1 Å². The van der Waals surface area contributed by atoms with E-state index in [0.29, 0.717) is 13.1 Å². The van der Waals surface area contributed by atoms with E-state index < -0.39 is 5.38 Å². The summed E-state index contributed by atoms with van der Waals surface area (Å²) in [4.78, 5) is 15.9. The number of benzene rings is 1. The molecule has 1 aromatic rings. The summed E-state index contributed by atoms with van der Waals surface area (Å²) in [7, 11) is 0. The Morgan fingerprint density at radius 2 is 1.89 bits per heavy atom. The Kier molecular flexibility index (Phi) is 4.58. The zero-order valence-corrected chi connectivity index (χ0v) is 12.7. The van der Waals surface area contributed by atoms with Crippen LogP contribution in [-0.4, -0.2) is 42.4 Å². The smallest absolute Gasteiger partial charge is 0.240 e. The third-order valence-electron chi connectivity index (χ3n) is 3.44. The fourth-order valence-electron chi connectivity index (χ4n) is 2.34. The zero-order chi connectivity index (χ0) is 14.0. The third-order valence-corrected chi connectivity index (χ3v) is 3.87. The van der Waals surface area contributed by atoms with Gasteiger partial charge in [0.15, 0.2) is 0 Å². The van der Waals surface area contributed by atoms with E-state index in [1.54, 1.807) is 6.92 Å². The predicted octanol–water partition coefficient (Wildman–Crippen LogP) is 2.92. The normalized spacial score (nSPS) is 17.5. The Bertz CT molecular complexity index is 469. The first-order valence-electron chi connectivity index (χ1n) is 6.43. The van der Waals surface area contributed by atoms with Crippen LogP contribution in [0.15, 0.2) is 18.2 Å². The molecule has 1 heterocycles. The average molecular weight is 301 g/mol. The number of carbonyl (C=O) groups excluding carboxylic acids is 1. The molecule has 1 aliphatic heterocycles. The highest BCUT2D eigenvalue weighted by Crippen LogP contribution is 2.25. The van der Waals surface area contributed by atoms with Gasteiger partial charge in [0.2, 0.25) is 5.91 Å². The van der Waals surface area contributed by atoms with Gasteiger partial charge in [0.1, 0.15) is 5.38 Å². The van der Waals surface area contributed by atoms with Crippen LogP contribution in [0.3, 0.4) is 0 Å². The number of alkyl halides is 1. The molecule has 1 saturated heterocycles. The monoisotopic (exact) mass is 300 g/mol. The molecule has 104 valence electrons. The number of hydrogen-bond acceptors (Lipinski definition) is 2. The summed E-state index contributed by atoms with van der Waals surface area (Å²) < 4.78 is 0. The van der Waals surface area contributed by atoms with Crippen molar-refractivity contribution in [1.29, 1.82) is 0 Å². The van der Waals surface area contributed by atoms with Crippen molar-refractivity contribution in [3.8, 4) is 0 Å². The maximum Gasteiger partial charge on any atom is 0.240 e. The van der Waals surface area contributed by atoms with Crippen LogP contribution < -0.4 is 4.90 Å². The van der Waals surface area contributed by atoms with Gasteiger partial charge in [-0.15, -0.1) is 11.6 Å². The molecule has 1 aromatic carbocycles. The fourth-order valence-corrected chi connectivity index (χ4v) is 2.65. The Hall–Kier alpha value is -0.930. The van der Waals surface area contributed by atoms with Gasteiger partial charge in [-0.3, -0.25) is 4.79 Å². The fraction of sp³-hybridized carbons (Fsp3) is 0.500. The van der Waals surface area contributed by atoms with Crippen LogP contribution in [0.1, 0.15) is 12.5 Å². The topological polar surface area (TPSA) is 23.6 Å². The maximum atomic E-state index is 11.8. The molecule has 5 heteroatoms. The lowest BCUT2D eigenvalue weighted by atomic mass is 10.1. The van der Waals surface area contributed by atoms with Crippen molar-refractivity contribution in [2.24, 2.45) is 0 Å². The van der Waals surface area contributed by atoms with Gasteiger partial charge in [-0.05, 0) is 31.5 Å². The lowest BCUT2D eigenvalue weighted by molar-refractivity contribution is -0.130. The molecule has 0 saturated carbocycles. The van der Waals surface area contributed by atoms with Crippen LogP contribution in [0.5, 0.6) is 0 Å². The van der Waals surface area contributed by atoms with E-state index in [0.717, 1.165) is 23.8 Å². The molecule has 0 aliphatic carbocycles. The molecular formula is C14H18Cl2N2O. The molecule has 0 N–H and O–H groups in total. The molecule has 1 aliphatic rings. The standard InChI is InChI=1S/C14H18Cl2N2O/c1-10-3-4-12(16)9-13(10)17-5-7-18(8-6-17)14(19)11(2)15/h3-4,9,11H,5-8H2,1-2H3/t11-/m0/s1. The Morgan fingerprint density at radius 3 is 2.47 bits per heavy atom. The number of anilines is 1. The first kappa shape index (κ1) is 14.5. The minimum atomic E-state index is -0.445. The summed E-state index contributed by atoms with van der Waals surface area (Å²) >= 11 is 11.9. The summed E-state index contributed by atoms with van der Waals surface area (Å²) in [5, 5.41) is 0.299. The number of piperazine rings is 1. The largest absolute Gasteiger partial charge is 0.368 e. The Balaban J connectivity index is 2.04. The Morgan fingerprint density at radius 1 is 1.26 bits per heavy atom. The second-order valence-electron chi connectivity index (χ2n) is 4.86. The van der Waals surface area contributed by atoms with Crippen molar-refractivity contribution in [2.45, 2.75) is 19.2 Å². The van der Waals surface area contributed by atoms with E-state index >= 15 is 0 Å². The van der Waals surface area contributed by atoms with Crippen LogP contribution in [0.25, 0.3) is 0 Å². The van der Waals surface area contributed by atoms with Gasteiger partial charge in [-0.1, -0.05) is 17.7 Å². The second-order valence-corrected chi connectivity index (χ2v) is 5.95. The molecule has 19 heavy (non-hydrogen) atoms. The van der Waals surface area contributed by atoms with Gasteiger partial charge in [0.25, 0.3) is 0 Å². The summed E-state index contributed by atoms with van der Waals surface area (Å²) in [6, 6.07) is 5.91. The van der Waals surface area contributed by atoms with Crippen LogP contribution in [0.2, 0.25) is 5.02 Å². The lowest BCUT2D eigenvalue weighted by Gasteiger charge is -2.37. The van der Waals surface area contributed by atoms with Crippen LogP contribution >= 0.6 is 23.2 Å². The molecule has 1 atom stereocenters. The highest BCUT2D eigenvalue weighted by molar-refractivity contribution is 6.31. The van der Waals surface area contributed by atoms with Gasteiger partial charge >= 0.3 is 0 Å². The van der Waals surface area contributed by atoms with Crippen molar-refractivity contribution < 1.29 is 4.79 Å². The molecule has 0 unspecified atom stereocenters. The highest BCUT2D eigenvalue weighted by Gasteiger charge is 2.24. The van der Waals surface area contributed by atoms with E-state index in [1.165, 1.54) is 5.56 Å². The Labute approximate surface area is 124 Å². The first-order valence-corrected chi connectivity index (χ1v) is 7.24. The first-order chi connectivity index (χ1) is 8.99. The van der Waals surface area contributed by atoms with Gasteiger partial charge in [-0.25, -0.2) is 0 Å². The number of hydrogen-bond donors (Lipinski definition) is 0. The van der Waals surface area contributed by atoms with Crippen LogP contribution in [0.4, 0.5) is 5.69 Å². The molecular weight excluding hydrogens is 283 g/mol. The van der Waals surface area contributed by atoms with E-state index in [9.17, 15) is 4.79 Å². The molecule has 0 bridgehead atoms. The van der Waals surface area contributed by atoms with Gasteiger partial charge in [0.05, 0.1) is 0 Å². The zero-order valence-electron chi connectivity index (χ0n) is 11.2. The van der Waals surface area contributed by atoms with E-state index in [-0.39, 0.29) is 5.91 Å². The molecule has 1 fully saturated rings. The maximum absolute atomic E-state index is 11.8. The van der Waals surface area contributed by atoms with E-state index in [1.807, 2.05) is 23.1 Å². The quantitative estimate of drug-likeness (QED) is 0.784. The van der Waals surface area contributed by atoms with Crippen molar-refractivity contribution in [3.63, 3.8) is 0 Å². The van der Waals surface area contributed by atoms with E-state index in [4.69, 9.17) is 23.2 Å². The molecule has 1 amide bonds. The summed E-state index contributed by atoms with van der Waals surface area (Å²) in [6.45, 7) is 6.85. The van der Waals surface area contributed by atoms with Gasteiger partial charge in [0, 0.05) is 36.9 Å². The number of nitrogens with zero attached hydrogens (tertiary/aromatic N) is 2. The van der Waals surface area contributed by atoms with Crippen molar-refractivity contribution in [1.82, 2.24) is 4.90 Å². The lowest BCUT2D eigenvalue weighted by Crippen LogP contribution is -2.50. The minimum Gasteiger partial charge on any atom is -0.368 e. The molecule has 3 nitrogen and oxygen atoms in total. The molecule has 0 radical (unpaired) electrons. The number of carbonyl (C=O) groups is 1. The van der Waals surface area contributed by atoms with Crippen LogP contribution in [0, 0.1) is 6.92 Å². The SMILES string of the molecule is Cc1ccc(Cl)cc1N1CCN(C(=O)[C@H](C)Cl)CC1. The number of aryl methyl sites for hydroxylation is 1. The summed E-state index contributed by atoms with van der Waals surface area (Å²) in [6.07, 6.45) is 0. The highest BCUT2D eigenvalue weighted by atomic mass is 35.5. The van der Waals surface area contributed by atoms with Crippen molar-refractivity contribution in [3.05, 3.63) is 28.8 Å². The van der Waals surface area contributed by atoms with Crippen LogP contribution in [-0.2, 0) is 4.79 Å². The summed E-state index contributed by atoms with van der Waals surface area (Å²) in [5.74, 6) is 0.0177. The van der Waals surface area contributed by atoms with Gasteiger partial charge in [-0.2, -0.15) is 0 Å². The predicted molar refractivity (Wildman–Crippen MR) is 80.3 cm³/mol. The number of halogens is 2. The van der Waals surface area contributed by atoms with E-state index in [2.05, 4.69) is 11.8 Å². The minimum absolute atomic E-state index is 0.0177. The van der Waals surface area contributed by atoms with Crippen molar-refractivity contribution >= 4 is 34.8 Å². The molecule has 0 spiro atoms. The van der Waals surface area contributed by atoms with Gasteiger partial charge < -0.3 is 9.80 Å². The summed E-state index contributed by atoms with van der Waals surface area (Å²) in [5.41, 5.74) is 2.36. The second kappa shape index (κ2) is 6.02. The average Bonchev–Trinajstić information content (AvgIpc) is 2.41. The molecule has 0 aromatic heterocycles. The molecule has 2 rings (SSSR count).